The van der Waals surface area contributed by atoms with Gasteiger partial charge in [0.1, 0.15) is 11.8 Å². The van der Waals surface area contributed by atoms with E-state index in [0.29, 0.717) is 5.75 Å². The van der Waals surface area contributed by atoms with Crippen LogP contribution in [0, 0.1) is 0 Å². The highest BCUT2D eigenvalue weighted by molar-refractivity contribution is 6.04. The number of ketones is 1. The standard InChI is InChI=1S/C16H21NO6/c1-4-9(2)23-12-7-5-11(6-8-12)14(19)13(17-10(3)18)15(20)16(21)22/h5-9,13,15,20H,4H2,1-3H3,(H,17,18)(H,21,22). The van der Waals surface area contributed by atoms with Crippen molar-refractivity contribution in [2.75, 3.05) is 0 Å². The fourth-order valence-corrected chi connectivity index (χ4v) is 1.84. The van der Waals surface area contributed by atoms with Gasteiger partial charge in [0.15, 0.2) is 11.9 Å². The molecular formula is C16H21NO6. The van der Waals surface area contributed by atoms with Gasteiger partial charge in [-0.05, 0) is 37.6 Å². The molecule has 0 aromatic heterocycles. The molecule has 1 aromatic rings. The highest BCUT2D eigenvalue weighted by Crippen LogP contribution is 2.16. The Kier molecular flexibility index (Phi) is 6.71. The molecule has 0 saturated carbocycles. The molecule has 0 heterocycles. The summed E-state index contributed by atoms with van der Waals surface area (Å²) in [5.41, 5.74) is 0.167. The number of carbonyl (C=O) groups is 3. The first kappa shape index (κ1) is 18.6. The molecule has 126 valence electrons. The first-order chi connectivity index (χ1) is 10.8. The van der Waals surface area contributed by atoms with E-state index in [2.05, 4.69) is 5.32 Å². The Balaban J connectivity index is 2.95. The van der Waals surface area contributed by atoms with Gasteiger partial charge in [-0.2, -0.15) is 0 Å². The minimum absolute atomic E-state index is 0.0255. The number of carbonyl (C=O) groups excluding carboxylic acids is 2. The number of ether oxygens (including phenoxy) is 1. The Bertz CT molecular complexity index is 568. The highest BCUT2D eigenvalue weighted by Gasteiger charge is 2.33. The SMILES string of the molecule is CCC(C)Oc1ccc(C(=O)C(NC(C)=O)C(O)C(=O)O)cc1. The van der Waals surface area contributed by atoms with Crippen molar-refractivity contribution in [1.82, 2.24) is 5.32 Å². The first-order valence-electron chi connectivity index (χ1n) is 7.25. The third-order valence-corrected chi connectivity index (χ3v) is 3.26. The Labute approximate surface area is 134 Å². The summed E-state index contributed by atoms with van der Waals surface area (Å²) in [6.45, 7) is 5.03. The molecule has 23 heavy (non-hydrogen) atoms. The van der Waals surface area contributed by atoms with Gasteiger partial charge >= 0.3 is 5.97 Å². The minimum atomic E-state index is -2.03. The van der Waals surface area contributed by atoms with Crippen LogP contribution in [-0.4, -0.2) is 46.1 Å². The quantitative estimate of drug-likeness (QED) is 0.615. The third kappa shape index (κ3) is 5.37. The summed E-state index contributed by atoms with van der Waals surface area (Å²) in [4.78, 5) is 34.4. The maximum Gasteiger partial charge on any atom is 0.335 e. The van der Waals surface area contributed by atoms with Crippen molar-refractivity contribution in [1.29, 1.82) is 0 Å². The van der Waals surface area contributed by atoms with Gasteiger partial charge in [-0.15, -0.1) is 0 Å². The first-order valence-corrected chi connectivity index (χ1v) is 7.25. The molecule has 1 aromatic carbocycles. The van der Waals surface area contributed by atoms with Gasteiger partial charge in [0.2, 0.25) is 5.91 Å². The second-order valence-electron chi connectivity index (χ2n) is 5.19. The molecule has 0 aliphatic carbocycles. The van der Waals surface area contributed by atoms with Crippen LogP contribution in [0.4, 0.5) is 0 Å². The van der Waals surface area contributed by atoms with E-state index in [1.807, 2.05) is 13.8 Å². The number of benzene rings is 1. The molecule has 3 N–H and O–H groups in total. The fraction of sp³-hybridized carbons (Fsp3) is 0.438. The zero-order valence-corrected chi connectivity index (χ0v) is 13.3. The van der Waals surface area contributed by atoms with Crippen LogP contribution in [0.3, 0.4) is 0 Å². The molecule has 0 spiro atoms. The number of hydrogen-bond donors (Lipinski definition) is 3. The number of amides is 1. The second-order valence-corrected chi connectivity index (χ2v) is 5.19. The largest absolute Gasteiger partial charge is 0.491 e. The van der Waals surface area contributed by atoms with E-state index in [9.17, 15) is 19.5 Å². The molecule has 0 radical (unpaired) electrons. The molecule has 0 fully saturated rings. The summed E-state index contributed by atoms with van der Waals surface area (Å²) in [6.07, 6.45) is -1.17. The molecule has 1 amide bonds. The fourth-order valence-electron chi connectivity index (χ4n) is 1.84. The van der Waals surface area contributed by atoms with E-state index in [4.69, 9.17) is 9.84 Å². The summed E-state index contributed by atoms with van der Waals surface area (Å²) in [5, 5.41) is 20.6. The summed E-state index contributed by atoms with van der Waals surface area (Å²) in [7, 11) is 0. The minimum Gasteiger partial charge on any atom is -0.491 e. The zero-order valence-electron chi connectivity index (χ0n) is 13.3. The van der Waals surface area contributed by atoms with E-state index in [0.717, 1.165) is 13.3 Å². The van der Waals surface area contributed by atoms with Crippen LogP contribution >= 0.6 is 0 Å². The van der Waals surface area contributed by atoms with Crippen molar-refractivity contribution in [3.8, 4) is 5.75 Å². The molecular weight excluding hydrogens is 302 g/mol. The molecule has 7 heteroatoms. The number of nitrogens with one attached hydrogen (secondary N) is 1. The number of Topliss-reactive ketones (excluding diaryl/α,β-unsaturated/α-hetero) is 1. The lowest BCUT2D eigenvalue weighted by Gasteiger charge is -2.20. The molecule has 0 bridgehead atoms. The van der Waals surface area contributed by atoms with Crippen molar-refractivity contribution < 1.29 is 29.3 Å². The number of aliphatic hydroxyl groups is 1. The van der Waals surface area contributed by atoms with Crippen LogP contribution in [-0.2, 0) is 9.59 Å². The van der Waals surface area contributed by atoms with Gasteiger partial charge in [-0.3, -0.25) is 9.59 Å². The zero-order chi connectivity index (χ0) is 17.6. The lowest BCUT2D eigenvalue weighted by molar-refractivity contribution is -0.147. The van der Waals surface area contributed by atoms with E-state index >= 15 is 0 Å². The van der Waals surface area contributed by atoms with Crippen molar-refractivity contribution >= 4 is 17.7 Å². The number of carboxylic acids is 1. The van der Waals surface area contributed by atoms with Crippen LogP contribution in [0.25, 0.3) is 0 Å². The molecule has 3 atom stereocenters. The predicted molar refractivity (Wildman–Crippen MR) is 82.4 cm³/mol. The summed E-state index contributed by atoms with van der Waals surface area (Å²) >= 11 is 0. The lowest BCUT2D eigenvalue weighted by atomic mass is 9.99. The smallest absolute Gasteiger partial charge is 0.335 e. The van der Waals surface area contributed by atoms with Gasteiger partial charge in [0, 0.05) is 12.5 Å². The van der Waals surface area contributed by atoms with Gasteiger partial charge in [0.05, 0.1) is 6.10 Å². The summed E-state index contributed by atoms with van der Waals surface area (Å²) in [5.74, 6) is -2.31. The van der Waals surface area contributed by atoms with Gasteiger partial charge in [0.25, 0.3) is 0 Å². The average molecular weight is 323 g/mol. The van der Waals surface area contributed by atoms with Crippen molar-refractivity contribution in [2.45, 2.75) is 45.4 Å². The van der Waals surface area contributed by atoms with Crippen LogP contribution < -0.4 is 10.1 Å². The molecule has 1 rings (SSSR count). The van der Waals surface area contributed by atoms with E-state index in [-0.39, 0.29) is 11.7 Å². The monoisotopic (exact) mass is 323 g/mol. The summed E-state index contributed by atoms with van der Waals surface area (Å²) < 4.78 is 5.58. The summed E-state index contributed by atoms with van der Waals surface area (Å²) in [6, 6.07) is 4.54. The average Bonchev–Trinajstić information content (AvgIpc) is 2.51. The normalized spacial score (nSPS) is 14.4. The molecule has 0 saturated heterocycles. The van der Waals surface area contributed by atoms with Crippen LogP contribution in [0.5, 0.6) is 5.75 Å². The van der Waals surface area contributed by atoms with E-state index in [1.165, 1.54) is 12.1 Å². The number of rotatable bonds is 8. The van der Waals surface area contributed by atoms with Crippen LogP contribution in [0.15, 0.2) is 24.3 Å². The molecule has 0 aliphatic heterocycles. The molecule has 3 unspecified atom stereocenters. The van der Waals surface area contributed by atoms with E-state index in [1.54, 1.807) is 12.1 Å². The Morgan fingerprint density at radius 2 is 1.78 bits per heavy atom. The maximum atomic E-state index is 12.3. The van der Waals surface area contributed by atoms with E-state index < -0.39 is 29.8 Å². The topological polar surface area (TPSA) is 113 Å². The van der Waals surface area contributed by atoms with Crippen molar-refractivity contribution in [3.05, 3.63) is 29.8 Å². The van der Waals surface area contributed by atoms with Crippen LogP contribution in [0.1, 0.15) is 37.6 Å². The Hall–Kier alpha value is -2.41. The number of aliphatic hydroxyl groups excluding tert-OH is 1. The molecule has 0 aliphatic rings. The number of hydrogen-bond acceptors (Lipinski definition) is 5. The van der Waals surface area contributed by atoms with Gasteiger partial charge < -0.3 is 20.3 Å². The van der Waals surface area contributed by atoms with Gasteiger partial charge in [-0.1, -0.05) is 6.92 Å². The Morgan fingerprint density at radius 1 is 1.22 bits per heavy atom. The molecule has 7 nitrogen and oxygen atoms in total. The second kappa shape index (κ2) is 8.28. The predicted octanol–water partition coefficient (Wildman–Crippen LogP) is 0.997. The highest BCUT2D eigenvalue weighted by atomic mass is 16.5. The van der Waals surface area contributed by atoms with Crippen molar-refractivity contribution in [2.24, 2.45) is 0 Å². The third-order valence-electron chi connectivity index (χ3n) is 3.26. The van der Waals surface area contributed by atoms with Crippen molar-refractivity contribution in [3.63, 3.8) is 0 Å². The number of aliphatic carboxylic acids is 1. The van der Waals surface area contributed by atoms with Gasteiger partial charge in [-0.25, -0.2) is 4.79 Å². The Morgan fingerprint density at radius 3 is 2.22 bits per heavy atom. The lowest BCUT2D eigenvalue weighted by Crippen LogP contribution is -2.51. The maximum absolute atomic E-state index is 12.3. The van der Waals surface area contributed by atoms with Crippen LogP contribution in [0.2, 0.25) is 0 Å². The number of carboxylic acid groups (broad SMARTS) is 1.